The topological polar surface area (TPSA) is 72.2 Å². The molecule has 1 N–H and O–H groups in total. The third-order valence-corrected chi connectivity index (χ3v) is 3.99. The first-order chi connectivity index (χ1) is 12.2. The van der Waals surface area contributed by atoms with Crippen LogP contribution in [0, 0.1) is 6.92 Å². The Bertz CT molecular complexity index is 1050. The SMILES string of the molecule is Cc1ccccc1C(=O)Nc1ccc(-c2ccc3nncn3n2)cc1. The van der Waals surface area contributed by atoms with E-state index >= 15 is 0 Å². The molecule has 2 aromatic heterocycles. The molecule has 0 radical (unpaired) electrons. The number of rotatable bonds is 3. The van der Waals surface area contributed by atoms with Crippen molar-refractivity contribution in [1.29, 1.82) is 0 Å². The Morgan fingerprint density at radius 3 is 2.60 bits per heavy atom. The summed E-state index contributed by atoms with van der Waals surface area (Å²) in [7, 11) is 0. The van der Waals surface area contributed by atoms with Gasteiger partial charge in [0, 0.05) is 16.8 Å². The fourth-order valence-corrected chi connectivity index (χ4v) is 2.63. The minimum Gasteiger partial charge on any atom is -0.322 e. The average Bonchev–Trinajstić information content (AvgIpc) is 3.10. The number of hydrogen-bond acceptors (Lipinski definition) is 4. The average molecular weight is 329 g/mol. The van der Waals surface area contributed by atoms with Crippen LogP contribution in [0.2, 0.25) is 0 Å². The third kappa shape index (κ3) is 2.97. The van der Waals surface area contributed by atoms with Gasteiger partial charge in [-0.05, 0) is 42.8 Å². The zero-order valence-electron chi connectivity index (χ0n) is 13.5. The van der Waals surface area contributed by atoms with E-state index in [1.165, 1.54) is 0 Å². The normalized spacial score (nSPS) is 10.8. The second kappa shape index (κ2) is 6.16. The van der Waals surface area contributed by atoms with Crippen molar-refractivity contribution >= 4 is 17.2 Å². The highest BCUT2D eigenvalue weighted by Crippen LogP contribution is 2.20. The van der Waals surface area contributed by atoms with Gasteiger partial charge in [0.15, 0.2) is 5.65 Å². The lowest BCUT2D eigenvalue weighted by Crippen LogP contribution is -2.13. The zero-order valence-corrected chi connectivity index (χ0v) is 13.5. The first-order valence-electron chi connectivity index (χ1n) is 7.85. The fourth-order valence-electron chi connectivity index (χ4n) is 2.63. The summed E-state index contributed by atoms with van der Waals surface area (Å²) in [5, 5.41) is 15.1. The molecule has 0 aliphatic heterocycles. The van der Waals surface area contributed by atoms with Crippen molar-refractivity contribution < 1.29 is 4.79 Å². The Labute approximate surface area is 144 Å². The van der Waals surface area contributed by atoms with Crippen molar-refractivity contribution in [3.63, 3.8) is 0 Å². The Hall–Kier alpha value is -3.54. The van der Waals surface area contributed by atoms with Crippen LogP contribution in [-0.4, -0.2) is 25.7 Å². The standard InChI is InChI=1S/C19H15N5O/c1-13-4-2-3-5-16(13)19(25)21-15-8-6-14(7-9-15)17-10-11-18-22-20-12-24(18)23-17/h2-12H,1H3,(H,21,25). The Morgan fingerprint density at radius 2 is 1.80 bits per heavy atom. The van der Waals surface area contributed by atoms with E-state index in [1.54, 1.807) is 10.8 Å². The monoisotopic (exact) mass is 329 g/mol. The van der Waals surface area contributed by atoms with E-state index in [-0.39, 0.29) is 5.91 Å². The number of aromatic nitrogens is 4. The fraction of sp³-hybridized carbons (Fsp3) is 0.0526. The van der Waals surface area contributed by atoms with Gasteiger partial charge in [-0.1, -0.05) is 30.3 Å². The molecule has 0 unspecified atom stereocenters. The van der Waals surface area contributed by atoms with E-state index in [2.05, 4.69) is 20.6 Å². The summed E-state index contributed by atoms with van der Waals surface area (Å²) in [4.78, 5) is 12.4. The molecule has 0 bridgehead atoms. The lowest BCUT2D eigenvalue weighted by molar-refractivity contribution is 0.102. The Kier molecular flexibility index (Phi) is 3.70. The molecule has 0 saturated carbocycles. The predicted octanol–water partition coefficient (Wildman–Crippen LogP) is 3.35. The van der Waals surface area contributed by atoms with E-state index < -0.39 is 0 Å². The molecular formula is C19H15N5O. The number of hydrogen-bond donors (Lipinski definition) is 1. The molecule has 0 atom stereocenters. The first kappa shape index (κ1) is 15.0. The molecule has 4 aromatic rings. The Balaban J connectivity index is 1.55. The highest BCUT2D eigenvalue weighted by Gasteiger charge is 2.09. The van der Waals surface area contributed by atoms with Crippen LogP contribution in [0.3, 0.4) is 0 Å². The highest BCUT2D eigenvalue weighted by molar-refractivity contribution is 6.05. The minimum atomic E-state index is -0.116. The van der Waals surface area contributed by atoms with Crippen molar-refractivity contribution in [3.8, 4) is 11.3 Å². The molecule has 122 valence electrons. The number of carbonyl (C=O) groups is 1. The molecule has 4 rings (SSSR count). The van der Waals surface area contributed by atoms with E-state index in [9.17, 15) is 4.79 Å². The summed E-state index contributed by atoms with van der Waals surface area (Å²) in [5.74, 6) is -0.116. The van der Waals surface area contributed by atoms with Crippen molar-refractivity contribution in [2.45, 2.75) is 6.92 Å². The number of nitrogens with one attached hydrogen (secondary N) is 1. The van der Waals surface area contributed by atoms with Crippen molar-refractivity contribution in [3.05, 3.63) is 78.1 Å². The van der Waals surface area contributed by atoms with Gasteiger partial charge in [0.2, 0.25) is 0 Å². The number of carbonyl (C=O) groups excluding carboxylic acids is 1. The van der Waals surface area contributed by atoms with Gasteiger partial charge in [0.05, 0.1) is 5.69 Å². The molecule has 0 spiro atoms. The highest BCUT2D eigenvalue weighted by atomic mass is 16.1. The van der Waals surface area contributed by atoms with Crippen LogP contribution in [0.5, 0.6) is 0 Å². The third-order valence-electron chi connectivity index (χ3n) is 3.99. The second-order valence-corrected chi connectivity index (χ2v) is 5.70. The minimum absolute atomic E-state index is 0.116. The van der Waals surface area contributed by atoms with Crippen molar-refractivity contribution in [1.82, 2.24) is 19.8 Å². The van der Waals surface area contributed by atoms with Crippen LogP contribution in [0.1, 0.15) is 15.9 Å². The molecule has 25 heavy (non-hydrogen) atoms. The molecule has 2 aromatic carbocycles. The predicted molar refractivity (Wildman–Crippen MR) is 95.4 cm³/mol. The lowest BCUT2D eigenvalue weighted by Gasteiger charge is -2.08. The molecular weight excluding hydrogens is 314 g/mol. The number of aryl methyl sites for hydroxylation is 1. The molecule has 0 saturated heterocycles. The largest absolute Gasteiger partial charge is 0.322 e. The van der Waals surface area contributed by atoms with Gasteiger partial charge in [-0.3, -0.25) is 4.79 Å². The van der Waals surface area contributed by atoms with Gasteiger partial charge in [-0.2, -0.15) is 9.61 Å². The summed E-state index contributed by atoms with van der Waals surface area (Å²) >= 11 is 0. The number of nitrogens with zero attached hydrogens (tertiary/aromatic N) is 4. The van der Waals surface area contributed by atoms with Gasteiger partial charge in [-0.25, -0.2) is 0 Å². The van der Waals surface area contributed by atoms with E-state index in [0.29, 0.717) is 11.2 Å². The molecule has 0 aliphatic carbocycles. The second-order valence-electron chi connectivity index (χ2n) is 5.70. The number of anilines is 1. The molecule has 2 heterocycles. The smallest absolute Gasteiger partial charge is 0.255 e. The number of benzene rings is 2. The molecule has 1 amide bonds. The summed E-state index contributed by atoms with van der Waals surface area (Å²) < 4.78 is 1.63. The van der Waals surface area contributed by atoms with E-state index in [0.717, 1.165) is 22.5 Å². The van der Waals surface area contributed by atoms with Crippen LogP contribution < -0.4 is 5.32 Å². The number of amides is 1. The van der Waals surface area contributed by atoms with Crippen LogP contribution in [0.25, 0.3) is 16.9 Å². The lowest BCUT2D eigenvalue weighted by atomic mass is 10.1. The van der Waals surface area contributed by atoms with Gasteiger partial charge in [0.25, 0.3) is 5.91 Å². The van der Waals surface area contributed by atoms with E-state index in [4.69, 9.17) is 0 Å². The van der Waals surface area contributed by atoms with Gasteiger partial charge in [-0.15, -0.1) is 10.2 Å². The van der Waals surface area contributed by atoms with Crippen LogP contribution >= 0.6 is 0 Å². The molecule has 6 heteroatoms. The van der Waals surface area contributed by atoms with Crippen LogP contribution in [-0.2, 0) is 0 Å². The summed E-state index contributed by atoms with van der Waals surface area (Å²) in [6.45, 7) is 1.92. The molecule has 0 fully saturated rings. The zero-order chi connectivity index (χ0) is 17.2. The maximum atomic E-state index is 12.4. The first-order valence-corrected chi connectivity index (χ1v) is 7.85. The maximum absolute atomic E-state index is 12.4. The van der Waals surface area contributed by atoms with Gasteiger partial charge in [0.1, 0.15) is 6.33 Å². The number of fused-ring (bicyclic) bond motifs is 1. The molecule has 0 aliphatic rings. The van der Waals surface area contributed by atoms with Crippen molar-refractivity contribution in [2.75, 3.05) is 5.32 Å². The maximum Gasteiger partial charge on any atom is 0.255 e. The van der Waals surface area contributed by atoms with Crippen LogP contribution in [0.4, 0.5) is 5.69 Å². The van der Waals surface area contributed by atoms with E-state index in [1.807, 2.05) is 67.6 Å². The summed E-state index contributed by atoms with van der Waals surface area (Å²) in [6.07, 6.45) is 1.57. The quantitative estimate of drug-likeness (QED) is 0.625. The summed E-state index contributed by atoms with van der Waals surface area (Å²) in [6, 6.07) is 18.8. The van der Waals surface area contributed by atoms with Crippen LogP contribution in [0.15, 0.2) is 67.0 Å². The van der Waals surface area contributed by atoms with Gasteiger partial charge < -0.3 is 5.32 Å². The molecule has 6 nitrogen and oxygen atoms in total. The summed E-state index contributed by atoms with van der Waals surface area (Å²) in [5.41, 5.74) is 4.82. The van der Waals surface area contributed by atoms with Gasteiger partial charge >= 0.3 is 0 Å². The Morgan fingerprint density at radius 1 is 1.00 bits per heavy atom. The van der Waals surface area contributed by atoms with Crippen molar-refractivity contribution in [2.24, 2.45) is 0 Å².